The number of likely N-dealkylation sites (tertiary alicyclic amines) is 1. The van der Waals surface area contributed by atoms with Crippen molar-refractivity contribution in [3.8, 4) is 0 Å². The molecule has 4 heteroatoms. The lowest BCUT2D eigenvalue weighted by Gasteiger charge is -2.38. The number of nitrogens with zero attached hydrogens (tertiary/aromatic N) is 3. The summed E-state index contributed by atoms with van der Waals surface area (Å²) in [5, 5.41) is 10.9. The van der Waals surface area contributed by atoms with Crippen LogP contribution in [0, 0.1) is 0 Å². The molecule has 1 saturated heterocycles. The largest absolute Gasteiger partial charge is 0.385 e. The monoisotopic (exact) mass is 339 g/mol. The molecule has 4 nitrogen and oxygen atoms in total. The molecule has 0 spiro atoms. The van der Waals surface area contributed by atoms with Crippen molar-refractivity contribution in [2.24, 2.45) is 0 Å². The van der Waals surface area contributed by atoms with Crippen molar-refractivity contribution in [3.63, 3.8) is 0 Å². The minimum atomic E-state index is -0.681. The van der Waals surface area contributed by atoms with Crippen molar-refractivity contribution >= 4 is 5.82 Å². The maximum Gasteiger partial charge on any atom is 0.128 e. The van der Waals surface area contributed by atoms with Crippen LogP contribution in [0.15, 0.2) is 48.7 Å². The third-order valence-electron chi connectivity index (χ3n) is 5.35. The summed E-state index contributed by atoms with van der Waals surface area (Å²) in [6.07, 6.45) is 3.53. The third-order valence-corrected chi connectivity index (χ3v) is 5.35. The van der Waals surface area contributed by atoms with Crippen molar-refractivity contribution in [2.75, 3.05) is 25.0 Å². The Morgan fingerprint density at radius 1 is 1.12 bits per heavy atom. The Balaban J connectivity index is 1.57. The molecule has 0 unspecified atom stereocenters. The molecule has 1 aliphatic heterocycles. The predicted octanol–water partition coefficient (Wildman–Crippen LogP) is 3.41. The second-order valence-electron chi connectivity index (χ2n) is 7.40. The van der Waals surface area contributed by atoms with Gasteiger partial charge in [-0.25, -0.2) is 4.98 Å². The SMILES string of the molecule is CC(C)N(C)c1ccc(CN2CCC(O)(c3ccccc3)CC2)cn1. The van der Waals surface area contributed by atoms with Crippen LogP contribution in [0.2, 0.25) is 0 Å². The first-order valence-electron chi connectivity index (χ1n) is 9.16. The molecule has 1 N–H and O–H groups in total. The molecule has 0 bridgehead atoms. The summed E-state index contributed by atoms with van der Waals surface area (Å²) >= 11 is 0. The highest BCUT2D eigenvalue weighted by Gasteiger charge is 2.33. The Bertz CT molecular complexity index is 661. The van der Waals surface area contributed by atoms with Gasteiger partial charge in [0.1, 0.15) is 5.82 Å². The first-order valence-corrected chi connectivity index (χ1v) is 9.16. The maximum atomic E-state index is 10.9. The third kappa shape index (κ3) is 4.20. The van der Waals surface area contributed by atoms with Crippen LogP contribution in [0.4, 0.5) is 5.82 Å². The number of hydrogen-bond donors (Lipinski definition) is 1. The van der Waals surface area contributed by atoms with Crippen LogP contribution in [0.5, 0.6) is 0 Å². The second kappa shape index (κ2) is 7.54. The Hall–Kier alpha value is -1.91. The van der Waals surface area contributed by atoms with Crippen LogP contribution in [-0.2, 0) is 12.1 Å². The van der Waals surface area contributed by atoms with E-state index in [9.17, 15) is 5.11 Å². The quantitative estimate of drug-likeness (QED) is 0.906. The van der Waals surface area contributed by atoms with Gasteiger partial charge in [-0.1, -0.05) is 36.4 Å². The Kier molecular flexibility index (Phi) is 5.40. The van der Waals surface area contributed by atoms with Gasteiger partial charge in [-0.05, 0) is 43.9 Å². The Morgan fingerprint density at radius 3 is 2.36 bits per heavy atom. The van der Waals surface area contributed by atoms with E-state index in [0.717, 1.165) is 43.9 Å². The number of benzene rings is 1. The number of hydrogen-bond acceptors (Lipinski definition) is 4. The highest BCUT2D eigenvalue weighted by Crippen LogP contribution is 2.33. The number of aromatic nitrogens is 1. The van der Waals surface area contributed by atoms with Crippen LogP contribution >= 0.6 is 0 Å². The zero-order valence-electron chi connectivity index (χ0n) is 15.5. The number of aliphatic hydroxyl groups is 1. The second-order valence-corrected chi connectivity index (χ2v) is 7.40. The molecule has 1 fully saturated rings. The van der Waals surface area contributed by atoms with Gasteiger partial charge in [0.15, 0.2) is 0 Å². The summed E-state index contributed by atoms with van der Waals surface area (Å²) in [5.41, 5.74) is 1.59. The molecule has 25 heavy (non-hydrogen) atoms. The van der Waals surface area contributed by atoms with Gasteiger partial charge in [0.2, 0.25) is 0 Å². The molecule has 1 aromatic carbocycles. The van der Waals surface area contributed by atoms with Crippen molar-refractivity contribution in [1.29, 1.82) is 0 Å². The highest BCUT2D eigenvalue weighted by atomic mass is 16.3. The molecule has 0 radical (unpaired) electrons. The lowest BCUT2D eigenvalue weighted by atomic mass is 9.84. The lowest BCUT2D eigenvalue weighted by molar-refractivity contribution is -0.0277. The van der Waals surface area contributed by atoms with Gasteiger partial charge in [-0.15, -0.1) is 0 Å². The molecule has 2 heterocycles. The van der Waals surface area contributed by atoms with Crippen molar-refractivity contribution in [3.05, 3.63) is 59.8 Å². The molecule has 1 aliphatic rings. The van der Waals surface area contributed by atoms with Crippen LogP contribution in [0.1, 0.15) is 37.8 Å². The normalized spacial score (nSPS) is 17.6. The summed E-state index contributed by atoms with van der Waals surface area (Å²) in [6.45, 7) is 7.02. The van der Waals surface area contributed by atoms with E-state index in [1.807, 2.05) is 36.5 Å². The Morgan fingerprint density at radius 2 is 1.80 bits per heavy atom. The highest BCUT2D eigenvalue weighted by molar-refractivity contribution is 5.39. The fourth-order valence-electron chi connectivity index (χ4n) is 3.36. The van der Waals surface area contributed by atoms with Crippen LogP contribution < -0.4 is 4.90 Å². The molecular weight excluding hydrogens is 310 g/mol. The number of pyridine rings is 1. The van der Waals surface area contributed by atoms with Gasteiger partial charge >= 0.3 is 0 Å². The average molecular weight is 339 g/mol. The smallest absolute Gasteiger partial charge is 0.128 e. The summed E-state index contributed by atoms with van der Waals surface area (Å²) in [6, 6.07) is 14.8. The van der Waals surface area contributed by atoms with E-state index >= 15 is 0 Å². The van der Waals surface area contributed by atoms with Gasteiger partial charge in [0.05, 0.1) is 5.60 Å². The molecule has 0 saturated carbocycles. The molecule has 134 valence electrons. The fourth-order valence-corrected chi connectivity index (χ4v) is 3.36. The van der Waals surface area contributed by atoms with E-state index in [4.69, 9.17) is 0 Å². The summed E-state index contributed by atoms with van der Waals surface area (Å²) < 4.78 is 0. The number of rotatable bonds is 5. The summed E-state index contributed by atoms with van der Waals surface area (Å²) in [7, 11) is 2.07. The minimum Gasteiger partial charge on any atom is -0.385 e. The zero-order valence-corrected chi connectivity index (χ0v) is 15.5. The van der Waals surface area contributed by atoms with Crippen LogP contribution in [-0.4, -0.2) is 41.2 Å². The van der Waals surface area contributed by atoms with Crippen LogP contribution in [0.25, 0.3) is 0 Å². The molecule has 0 aliphatic carbocycles. The first-order chi connectivity index (χ1) is 12.0. The zero-order chi connectivity index (χ0) is 17.9. The van der Waals surface area contributed by atoms with Gasteiger partial charge in [-0.3, -0.25) is 4.90 Å². The first kappa shape index (κ1) is 17.9. The summed E-state index contributed by atoms with van der Waals surface area (Å²) in [5.74, 6) is 1.01. The van der Waals surface area contributed by atoms with Gasteiger partial charge in [0, 0.05) is 38.9 Å². The van der Waals surface area contributed by atoms with E-state index in [1.54, 1.807) is 0 Å². The number of piperidine rings is 1. The summed E-state index contributed by atoms with van der Waals surface area (Å²) in [4.78, 5) is 9.17. The van der Waals surface area contributed by atoms with E-state index < -0.39 is 5.60 Å². The molecule has 1 aromatic heterocycles. The van der Waals surface area contributed by atoms with E-state index in [1.165, 1.54) is 5.56 Å². The van der Waals surface area contributed by atoms with Crippen LogP contribution in [0.3, 0.4) is 0 Å². The Labute approximate surface area is 151 Å². The van der Waals surface area contributed by atoms with Crippen molar-refractivity contribution < 1.29 is 5.11 Å². The topological polar surface area (TPSA) is 39.6 Å². The maximum absolute atomic E-state index is 10.9. The van der Waals surface area contributed by atoms with Crippen molar-refractivity contribution in [2.45, 2.75) is 44.9 Å². The standard InChI is InChI=1S/C21H29N3O/c1-17(2)23(3)20-10-9-18(15-22-20)16-24-13-11-21(25,12-14-24)19-7-5-4-6-8-19/h4-10,15,17,25H,11-14,16H2,1-3H3. The number of anilines is 1. The van der Waals surface area contributed by atoms with Gasteiger partial charge in [-0.2, -0.15) is 0 Å². The molecule has 0 amide bonds. The molecule has 3 rings (SSSR count). The van der Waals surface area contributed by atoms with E-state index in [-0.39, 0.29) is 0 Å². The molecule has 0 atom stereocenters. The minimum absolute atomic E-state index is 0.441. The van der Waals surface area contributed by atoms with E-state index in [0.29, 0.717) is 6.04 Å². The van der Waals surface area contributed by atoms with Gasteiger partial charge < -0.3 is 10.0 Å². The lowest BCUT2D eigenvalue weighted by Crippen LogP contribution is -2.42. The molecular formula is C21H29N3O. The fraction of sp³-hybridized carbons (Fsp3) is 0.476. The average Bonchev–Trinajstić information content (AvgIpc) is 2.64. The predicted molar refractivity (Wildman–Crippen MR) is 103 cm³/mol. The van der Waals surface area contributed by atoms with Crippen molar-refractivity contribution in [1.82, 2.24) is 9.88 Å². The van der Waals surface area contributed by atoms with Gasteiger partial charge in [0.25, 0.3) is 0 Å². The molecule has 2 aromatic rings. The van der Waals surface area contributed by atoms with E-state index in [2.05, 4.69) is 47.8 Å².